The van der Waals surface area contributed by atoms with Crippen molar-refractivity contribution in [2.75, 3.05) is 11.9 Å². The highest BCUT2D eigenvalue weighted by molar-refractivity contribution is 7.80. The summed E-state index contributed by atoms with van der Waals surface area (Å²) in [5.41, 5.74) is 7.59. The van der Waals surface area contributed by atoms with Gasteiger partial charge in [-0.15, -0.1) is 0 Å². The zero-order valence-electron chi connectivity index (χ0n) is 10.8. The zero-order valence-corrected chi connectivity index (χ0v) is 11.6. The van der Waals surface area contributed by atoms with Crippen LogP contribution in [0.15, 0.2) is 30.6 Å². The Balaban J connectivity index is 2.31. The molecule has 0 aliphatic rings. The van der Waals surface area contributed by atoms with Crippen LogP contribution < -0.4 is 10.6 Å². The first-order valence-corrected chi connectivity index (χ1v) is 6.17. The van der Waals surface area contributed by atoms with Gasteiger partial charge < -0.3 is 10.6 Å². The van der Waals surface area contributed by atoms with E-state index in [1.54, 1.807) is 23.0 Å². The molecule has 0 fully saturated rings. The van der Waals surface area contributed by atoms with Crippen molar-refractivity contribution in [3.8, 4) is 0 Å². The molecule has 1 aromatic carbocycles. The van der Waals surface area contributed by atoms with Crippen molar-refractivity contribution >= 4 is 22.9 Å². The fourth-order valence-electron chi connectivity index (χ4n) is 1.99. The number of hydrogen-bond donors (Lipinski definition) is 1. The van der Waals surface area contributed by atoms with Crippen LogP contribution in [0.1, 0.15) is 11.1 Å². The monoisotopic (exact) mass is 278 g/mol. The summed E-state index contributed by atoms with van der Waals surface area (Å²) in [5, 5.41) is 4.10. The van der Waals surface area contributed by atoms with E-state index in [0.29, 0.717) is 12.2 Å². The van der Waals surface area contributed by atoms with Crippen LogP contribution in [0.3, 0.4) is 0 Å². The third kappa shape index (κ3) is 2.90. The molecular formula is C13H15FN4S. The lowest BCUT2D eigenvalue weighted by atomic mass is 10.1. The summed E-state index contributed by atoms with van der Waals surface area (Å²) in [6.07, 6.45) is 3.69. The molecule has 0 atom stereocenters. The van der Waals surface area contributed by atoms with E-state index in [1.807, 2.05) is 25.2 Å². The number of benzene rings is 1. The van der Waals surface area contributed by atoms with Crippen LogP contribution in [-0.2, 0) is 13.6 Å². The number of aryl methyl sites for hydroxylation is 1. The highest BCUT2D eigenvalue weighted by Crippen LogP contribution is 2.23. The van der Waals surface area contributed by atoms with Gasteiger partial charge in [0.05, 0.1) is 11.8 Å². The quantitative estimate of drug-likeness (QED) is 0.867. The van der Waals surface area contributed by atoms with Gasteiger partial charge in [0, 0.05) is 38.1 Å². The second-order valence-electron chi connectivity index (χ2n) is 4.38. The Bertz CT molecular complexity index is 608. The number of aromatic nitrogens is 2. The average molecular weight is 278 g/mol. The first kappa shape index (κ1) is 13.5. The number of nitrogens with two attached hydrogens (primary N) is 1. The van der Waals surface area contributed by atoms with E-state index in [1.165, 1.54) is 6.07 Å². The first-order valence-electron chi connectivity index (χ1n) is 5.76. The molecule has 0 radical (unpaired) electrons. The summed E-state index contributed by atoms with van der Waals surface area (Å²) < 4.78 is 15.5. The number of nitrogens with zero attached hydrogens (tertiary/aromatic N) is 3. The maximum absolute atomic E-state index is 13.8. The molecule has 1 aromatic heterocycles. The molecule has 0 bridgehead atoms. The standard InChI is InChI=1S/C13H15FN4S/c1-17(7-9-6-16-18(2)8-9)11-5-3-4-10(14)12(11)13(15)19/h3-6,8H,7H2,1-2H3,(H2,15,19). The molecule has 2 aromatic rings. The number of halogens is 1. The fourth-order valence-corrected chi connectivity index (χ4v) is 2.19. The van der Waals surface area contributed by atoms with Gasteiger partial charge in [-0.05, 0) is 12.1 Å². The van der Waals surface area contributed by atoms with Crippen LogP contribution in [0, 0.1) is 5.82 Å². The van der Waals surface area contributed by atoms with E-state index in [-0.39, 0.29) is 10.6 Å². The molecule has 2 N–H and O–H groups in total. The van der Waals surface area contributed by atoms with E-state index in [2.05, 4.69) is 5.10 Å². The number of hydrogen-bond acceptors (Lipinski definition) is 3. The van der Waals surface area contributed by atoms with Crippen LogP contribution in [-0.4, -0.2) is 21.8 Å². The highest BCUT2D eigenvalue weighted by atomic mass is 32.1. The summed E-state index contributed by atoms with van der Waals surface area (Å²) in [4.78, 5) is 1.96. The summed E-state index contributed by atoms with van der Waals surface area (Å²) in [5.74, 6) is -0.400. The molecule has 2 rings (SSSR count). The van der Waals surface area contributed by atoms with Crippen LogP contribution in [0.2, 0.25) is 0 Å². The third-order valence-electron chi connectivity index (χ3n) is 2.83. The van der Waals surface area contributed by atoms with Crippen molar-refractivity contribution in [2.45, 2.75) is 6.54 Å². The minimum absolute atomic E-state index is 0.0612. The van der Waals surface area contributed by atoms with Gasteiger partial charge in [-0.3, -0.25) is 4.68 Å². The molecule has 0 unspecified atom stereocenters. The molecule has 0 aliphatic heterocycles. The minimum Gasteiger partial charge on any atom is -0.389 e. The molecule has 100 valence electrons. The molecule has 6 heteroatoms. The summed E-state index contributed by atoms with van der Waals surface area (Å²) in [7, 11) is 3.72. The van der Waals surface area contributed by atoms with Gasteiger partial charge in [-0.1, -0.05) is 18.3 Å². The van der Waals surface area contributed by atoms with Crippen LogP contribution >= 0.6 is 12.2 Å². The van der Waals surface area contributed by atoms with E-state index < -0.39 is 5.82 Å². The first-order chi connectivity index (χ1) is 8.99. The van der Waals surface area contributed by atoms with Gasteiger partial charge in [0.25, 0.3) is 0 Å². The topological polar surface area (TPSA) is 47.1 Å². The molecule has 19 heavy (non-hydrogen) atoms. The van der Waals surface area contributed by atoms with Gasteiger partial charge in [0.2, 0.25) is 0 Å². The molecule has 4 nitrogen and oxygen atoms in total. The Labute approximate surface area is 116 Å². The Morgan fingerprint density at radius 3 is 2.84 bits per heavy atom. The average Bonchev–Trinajstić information content (AvgIpc) is 2.73. The largest absolute Gasteiger partial charge is 0.389 e. The summed E-state index contributed by atoms with van der Waals surface area (Å²) >= 11 is 4.92. The lowest BCUT2D eigenvalue weighted by Crippen LogP contribution is -2.22. The van der Waals surface area contributed by atoms with Gasteiger partial charge in [-0.2, -0.15) is 5.10 Å². The highest BCUT2D eigenvalue weighted by Gasteiger charge is 2.14. The smallest absolute Gasteiger partial charge is 0.135 e. The van der Waals surface area contributed by atoms with Crippen molar-refractivity contribution in [1.29, 1.82) is 0 Å². The number of anilines is 1. The third-order valence-corrected chi connectivity index (χ3v) is 3.03. The van der Waals surface area contributed by atoms with Crippen molar-refractivity contribution in [1.82, 2.24) is 9.78 Å². The van der Waals surface area contributed by atoms with E-state index in [9.17, 15) is 4.39 Å². The SMILES string of the molecule is CN(Cc1cnn(C)c1)c1cccc(F)c1C(N)=S. The maximum Gasteiger partial charge on any atom is 0.135 e. The number of thiocarbonyl (C=S) groups is 1. The second kappa shape index (κ2) is 5.36. The Hall–Kier alpha value is -1.95. The molecule has 0 amide bonds. The predicted molar refractivity (Wildman–Crippen MR) is 77.6 cm³/mol. The summed E-state index contributed by atoms with van der Waals surface area (Å²) in [6.45, 7) is 0.604. The summed E-state index contributed by atoms with van der Waals surface area (Å²) in [6, 6.07) is 4.80. The van der Waals surface area contributed by atoms with E-state index in [4.69, 9.17) is 18.0 Å². The Morgan fingerprint density at radius 1 is 1.53 bits per heavy atom. The molecular weight excluding hydrogens is 263 g/mol. The number of rotatable bonds is 4. The lowest BCUT2D eigenvalue weighted by Gasteiger charge is -2.21. The molecule has 1 heterocycles. The minimum atomic E-state index is -0.400. The molecule has 0 saturated heterocycles. The van der Waals surface area contributed by atoms with Crippen LogP contribution in [0.4, 0.5) is 10.1 Å². The maximum atomic E-state index is 13.8. The van der Waals surface area contributed by atoms with Crippen molar-refractivity contribution in [3.63, 3.8) is 0 Å². The van der Waals surface area contributed by atoms with Gasteiger partial charge in [0.1, 0.15) is 10.8 Å². The van der Waals surface area contributed by atoms with Crippen LogP contribution in [0.25, 0.3) is 0 Å². The lowest BCUT2D eigenvalue weighted by molar-refractivity contribution is 0.624. The van der Waals surface area contributed by atoms with Crippen molar-refractivity contribution in [2.24, 2.45) is 12.8 Å². The Kier molecular flexibility index (Phi) is 3.80. The van der Waals surface area contributed by atoms with E-state index >= 15 is 0 Å². The molecule has 0 spiro atoms. The molecule has 0 saturated carbocycles. The van der Waals surface area contributed by atoms with Crippen molar-refractivity contribution < 1.29 is 4.39 Å². The van der Waals surface area contributed by atoms with Crippen LogP contribution in [0.5, 0.6) is 0 Å². The molecule has 0 aliphatic carbocycles. The van der Waals surface area contributed by atoms with Gasteiger partial charge in [0.15, 0.2) is 0 Å². The normalized spacial score (nSPS) is 10.5. The predicted octanol–water partition coefficient (Wildman–Crippen LogP) is 1.83. The van der Waals surface area contributed by atoms with Gasteiger partial charge >= 0.3 is 0 Å². The van der Waals surface area contributed by atoms with Crippen molar-refractivity contribution in [3.05, 3.63) is 47.5 Å². The second-order valence-corrected chi connectivity index (χ2v) is 4.82. The zero-order chi connectivity index (χ0) is 14.0. The Morgan fingerprint density at radius 2 is 2.26 bits per heavy atom. The fraction of sp³-hybridized carbons (Fsp3) is 0.231. The van der Waals surface area contributed by atoms with E-state index in [0.717, 1.165) is 5.56 Å². The van der Waals surface area contributed by atoms with Gasteiger partial charge in [-0.25, -0.2) is 4.39 Å².